The summed E-state index contributed by atoms with van der Waals surface area (Å²) in [4.78, 5) is 13.5. The van der Waals surface area contributed by atoms with E-state index >= 15 is 0 Å². The first-order valence-electron chi connectivity index (χ1n) is 5.14. The molecular weight excluding hydrogens is 186 g/mol. The van der Waals surface area contributed by atoms with Crippen molar-refractivity contribution in [2.24, 2.45) is 0 Å². The second-order valence-electron chi connectivity index (χ2n) is 3.83. The van der Waals surface area contributed by atoms with Gasteiger partial charge < -0.3 is 4.90 Å². The van der Waals surface area contributed by atoms with Crippen molar-refractivity contribution in [3.63, 3.8) is 0 Å². The number of anilines is 1. The number of para-hydroxylation sites is 1. The summed E-state index contributed by atoms with van der Waals surface area (Å²) in [6, 6.07) is 8.26. The zero-order valence-electron chi connectivity index (χ0n) is 8.31. The monoisotopic (exact) mass is 197 g/mol. The highest BCUT2D eigenvalue weighted by molar-refractivity contribution is 5.95. The fraction of sp³-hybridized carbons (Fsp3) is 0.154. The first kappa shape index (κ1) is 8.48. The van der Waals surface area contributed by atoms with E-state index in [4.69, 9.17) is 0 Å². The SMILES string of the molecule is O=C1C=C2C=Cc3ccccc3N2CC1. The number of hydrogen-bond donors (Lipinski definition) is 0. The van der Waals surface area contributed by atoms with E-state index in [1.807, 2.05) is 18.2 Å². The second kappa shape index (κ2) is 3.09. The molecule has 0 aromatic heterocycles. The Kier molecular flexibility index (Phi) is 1.75. The lowest BCUT2D eigenvalue weighted by atomic mass is 10.0. The van der Waals surface area contributed by atoms with Gasteiger partial charge in [-0.05, 0) is 17.7 Å². The van der Waals surface area contributed by atoms with Gasteiger partial charge in [0.05, 0.1) is 0 Å². The Balaban J connectivity index is 2.15. The molecule has 2 heteroatoms. The molecule has 2 heterocycles. The van der Waals surface area contributed by atoms with Crippen LogP contribution in [0.4, 0.5) is 5.69 Å². The lowest BCUT2D eigenvalue weighted by Gasteiger charge is -2.32. The third kappa shape index (κ3) is 1.30. The average molecular weight is 197 g/mol. The predicted octanol–water partition coefficient (Wildman–Crippen LogP) is 2.38. The summed E-state index contributed by atoms with van der Waals surface area (Å²) in [6.07, 6.45) is 6.43. The second-order valence-corrected chi connectivity index (χ2v) is 3.83. The Morgan fingerprint density at radius 1 is 1.13 bits per heavy atom. The minimum atomic E-state index is 0.227. The molecule has 0 saturated carbocycles. The zero-order chi connectivity index (χ0) is 10.3. The van der Waals surface area contributed by atoms with Crippen molar-refractivity contribution in [2.75, 3.05) is 11.4 Å². The van der Waals surface area contributed by atoms with Crippen LogP contribution < -0.4 is 4.90 Å². The van der Waals surface area contributed by atoms with Gasteiger partial charge in [-0.2, -0.15) is 0 Å². The summed E-state index contributed by atoms with van der Waals surface area (Å²) in [6.45, 7) is 0.798. The first-order chi connectivity index (χ1) is 7.34. The molecule has 2 aliphatic rings. The number of hydrogen-bond acceptors (Lipinski definition) is 2. The van der Waals surface area contributed by atoms with Gasteiger partial charge in [-0.1, -0.05) is 24.3 Å². The first-order valence-corrected chi connectivity index (χ1v) is 5.14. The van der Waals surface area contributed by atoms with Gasteiger partial charge in [0.15, 0.2) is 5.78 Å². The third-order valence-corrected chi connectivity index (χ3v) is 2.86. The number of carbonyl (C=O) groups excluding carboxylic acids is 1. The van der Waals surface area contributed by atoms with Crippen molar-refractivity contribution in [1.29, 1.82) is 0 Å². The van der Waals surface area contributed by atoms with Crippen molar-refractivity contribution in [2.45, 2.75) is 6.42 Å². The molecule has 0 spiro atoms. The molecule has 0 saturated heterocycles. The smallest absolute Gasteiger partial charge is 0.159 e. The molecule has 3 rings (SSSR count). The summed E-state index contributed by atoms with van der Waals surface area (Å²) in [5.74, 6) is 0.227. The highest BCUT2D eigenvalue weighted by atomic mass is 16.1. The summed E-state index contributed by atoms with van der Waals surface area (Å²) in [5.41, 5.74) is 3.45. The normalized spacial score (nSPS) is 18.3. The number of nitrogens with zero attached hydrogens (tertiary/aromatic N) is 1. The van der Waals surface area contributed by atoms with Gasteiger partial charge in [0.1, 0.15) is 0 Å². The van der Waals surface area contributed by atoms with Gasteiger partial charge in [-0.15, -0.1) is 0 Å². The van der Waals surface area contributed by atoms with E-state index in [9.17, 15) is 4.79 Å². The topological polar surface area (TPSA) is 20.3 Å². The van der Waals surface area contributed by atoms with Crippen molar-refractivity contribution >= 4 is 17.5 Å². The molecule has 1 aromatic carbocycles. The van der Waals surface area contributed by atoms with Gasteiger partial charge in [-0.3, -0.25) is 4.79 Å². The standard InChI is InChI=1S/C13H11NO/c15-12-7-8-14-11(9-12)6-5-10-3-1-2-4-13(10)14/h1-6,9H,7-8H2. The number of carbonyl (C=O) groups is 1. The quantitative estimate of drug-likeness (QED) is 0.636. The fourth-order valence-corrected chi connectivity index (χ4v) is 2.11. The maximum Gasteiger partial charge on any atom is 0.159 e. The summed E-state index contributed by atoms with van der Waals surface area (Å²) < 4.78 is 0. The van der Waals surface area contributed by atoms with E-state index in [-0.39, 0.29) is 5.78 Å². The van der Waals surface area contributed by atoms with E-state index in [0.29, 0.717) is 6.42 Å². The number of allylic oxidation sites excluding steroid dienone is 2. The zero-order valence-corrected chi connectivity index (χ0v) is 8.31. The van der Waals surface area contributed by atoms with Gasteiger partial charge in [0.2, 0.25) is 0 Å². The summed E-state index contributed by atoms with van der Waals surface area (Å²) in [7, 11) is 0. The van der Waals surface area contributed by atoms with Gasteiger partial charge in [0, 0.05) is 30.4 Å². The fourth-order valence-electron chi connectivity index (χ4n) is 2.11. The molecule has 0 radical (unpaired) electrons. The molecule has 0 fully saturated rings. The minimum Gasteiger partial charge on any atom is -0.340 e. The number of rotatable bonds is 0. The molecule has 0 aliphatic carbocycles. The Morgan fingerprint density at radius 2 is 2.00 bits per heavy atom. The lowest BCUT2D eigenvalue weighted by Crippen LogP contribution is -2.30. The Labute approximate surface area is 88.5 Å². The Bertz CT molecular complexity index is 485. The number of ketones is 1. The summed E-state index contributed by atoms with van der Waals surface area (Å²) in [5, 5.41) is 0. The van der Waals surface area contributed by atoms with Crippen LogP contribution in [-0.4, -0.2) is 12.3 Å². The Morgan fingerprint density at radius 3 is 2.93 bits per heavy atom. The van der Waals surface area contributed by atoms with Gasteiger partial charge in [-0.25, -0.2) is 0 Å². The van der Waals surface area contributed by atoms with Crippen molar-refractivity contribution in [1.82, 2.24) is 0 Å². The number of benzene rings is 1. The van der Waals surface area contributed by atoms with Crippen LogP contribution in [0.25, 0.3) is 6.08 Å². The van der Waals surface area contributed by atoms with E-state index in [1.54, 1.807) is 6.08 Å². The molecule has 0 N–H and O–H groups in total. The average Bonchev–Trinajstić information content (AvgIpc) is 2.28. The van der Waals surface area contributed by atoms with Crippen LogP contribution in [0.1, 0.15) is 12.0 Å². The van der Waals surface area contributed by atoms with Crippen LogP contribution in [0.3, 0.4) is 0 Å². The van der Waals surface area contributed by atoms with Crippen LogP contribution in [-0.2, 0) is 4.79 Å². The predicted molar refractivity (Wildman–Crippen MR) is 60.5 cm³/mol. The molecule has 15 heavy (non-hydrogen) atoms. The van der Waals surface area contributed by atoms with Crippen LogP contribution in [0, 0.1) is 0 Å². The lowest BCUT2D eigenvalue weighted by molar-refractivity contribution is -0.114. The van der Waals surface area contributed by atoms with Crippen molar-refractivity contribution in [3.8, 4) is 0 Å². The molecule has 2 nitrogen and oxygen atoms in total. The molecule has 0 unspecified atom stereocenters. The minimum absolute atomic E-state index is 0.227. The highest BCUT2D eigenvalue weighted by Crippen LogP contribution is 2.32. The maximum absolute atomic E-state index is 11.3. The van der Waals surface area contributed by atoms with Crippen LogP contribution in [0.2, 0.25) is 0 Å². The molecule has 0 amide bonds. The van der Waals surface area contributed by atoms with Gasteiger partial charge >= 0.3 is 0 Å². The molecule has 2 aliphatic heterocycles. The van der Waals surface area contributed by atoms with Crippen LogP contribution >= 0.6 is 0 Å². The van der Waals surface area contributed by atoms with E-state index in [1.165, 1.54) is 11.3 Å². The third-order valence-electron chi connectivity index (χ3n) is 2.86. The van der Waals surface area contributed by atoms with Gasteiger partial charge in [0.25, 0.3) is 0 Å². The van der Waals surface area contributed by atoms with Crippen LogP contribution in [0.5, 0.6) is 0 Å². The van der Waals surface area contributed by atoms with Crippen molar-refractivity contribution in [3.05, 3.63) is 47.7 Å². The Hall–Kier alpha value is -1.83. The molecule has 74 valence electrons. The molecule has 0 atom stereocenters. The van der Waals surface area contributed by atoms with E-state index < -0.39 is 0 Å². The largest absolute Gasteiger partial charge is 0.340 e. The van der Waals surface area contributed by atoms with E-state index in [0.717, 1.165) is 12.2 Å². The molecule has 1 aromatic rings. The molecule has 0 bridgehead atoms. The maximum atomic E-state index is 11.3. The highest BCUT2D eigenvalue weighted by Gasteiger charge is 2.21. The van der Waals surface area contributed by atoms with E-state index in [2.05, 4.69) is 23.1 Å². The number of fused-ring (bicyclic) bond motifs is 3. The molecular formula is C13H11NO. The summed E-state index contributed by atoms with van der Waals surface area (Å²) >= 11 is 0. The van der Waals surface area contributed by atoms with Crippen LogP contribution in [0.15, 0.2) is 42.1 Å². The van der Waals surface area contributed by atoms with Crippen molar-refractivity contribution < 1.29 is 4.79 Å².